The van der Waals surface area contributed by atoms with E-state index < -0.39 is 0 Å². The molecule has 4 heteroatoms. The van der Waals surface area contributed by atoms with Crippen molar-refractivity contribution in [1.82, 2.24) is 9.78 Å². The van der Waals surface area contributed by atoms with Gasteiger partial charge in [0.15, 0.2) is 0 Å². The molecular weight excluding hydrogens is 234 g/mol. The lowest BCUT2D eigenvalue weighted by Gasteiger charge is -2.15. The zero-order valence-electron chi connectivity index (χ0n) is 9.81. The third-order valence-corrected chi connectivity index (χ3v) is 3.32. The van der Waals surface area contributed by atoms with Crippen LogP contribution in [0.4, 0.5) is 0 Å². The predicted molar refractivity (Wildman–Crippen MR) is 70.2 cm³/mol. The van der Waals surface area contributed by atoms with Crippen LogP contribution in [0.25, 0.3) is 0 Å². The number of halogens is 1. The molecule has 0 aliphatic carbocycles. The summed E-state index contributed by atoms with van der Waals surface area (Å²) in [4.78, 5) is 0. The fourth-order valence-electron chi connectivity index (χ4n) is 1.96. The molecule has 17 heavy (non-hydrogen) atoms. The van der Waals surface area contributed by atoms with Crippen molar-refractivity contribution in [3.05, 3.63) is 52.8 Å². The van der Waals surface area contributed by atoms with Gasteiger partial charge in [0.1, 0.15) is 0 Å². The highest BCUT2D eigenvalue weighted by molar-refractivity contribution is 6.31. The summed E-state index contributed by atoms with van der Waals surface area (Å²) in [6, 6.07) is 10.3. The highest BCUT2D eigenvalue weighted by Gasteiger charge is 2.15. The summed E-state index contributed by atoms with van der Waals surface area (Å²) >= 11 is 6.11. The largest absolute Gasteiger partial charge is 0.330 e. The van der Waals surface area contributed by atoms with Crippen LogP contribution >= 0.6 is 11.6 Å². The summed E-state index contributed by atoms with van der Waals surface area (Å²) in [5.74, 6) is 0.282. The highest BCUT2D eigenvalue weighted by atomic mass is 35.5. The Balaban J connectivity index is 2.22. The van der Waals surface area contributed by atoms with Crippen molar-refractivity contribution >= 4 is 11.6 Å². The second-order valence-corrected chi connectivity index (χ2v) is 4.52. The van der Waals surface area contributed by atoms with Crippen LogP contribution in [-0.2, 0) is 13.5 Å². The monoisotopic (exact) mass is 249 g/mol. The Kier molecular flexibility index (Phi) is 3.82. The van der Waals surface area contributed by atoms with Gasteiger partial charge < -0.3 is 5.73 Å². The maximum atomic E-state index is 6.11. The molecule has 2 N–H and O–H groups in total. The van der Waals surface area contributed by atoms with Crippen LogP contribution in [0.2, 0.25) is 5.02 Å². The molecule has 0 fully saturated rings. The smallest absolute Gasteiger partial charge is 0.0817 e. The van der Waals surface area contributed by atoms with Crippen molar-refractivity contribution in [3.63, 3.8) is 0 Å². The van der Waals surface area contributed by atoms with E-state index >= 15 is 0 Å². The van der Waals surface area contributed by atoms with Gasteiger partial charge in [0.2, 0.25) is 0 Å². The average molecular weight is 250 g/mol. The second kappa shape index (κ2) is 5.34. The molecule has 0 saturated carbocycles. The lowest BCUT2D eigenvalue weighted by molar-refractivity contribution is 0.631. The van der Waals surface area contributed by atoms with Gasteiger partial charge in [-0.3, -0.25) is 4.68 Å². The van der Waals surface area contributed by atoms with E-state index in [1.54, 1.807) is 6.20 Å². The topological polar surface area (TPSA) is 43.8 Å². The predicted octanol–water partition coefficient (Wildman–Crippen LogP) is 2.36. The Morgan fingerprint density at radius 3 is 2.59 bits per heavy atom. The van der Waals surface area contributed by atoms with Crippen LogP contribution < -0.4 is 5.73 Å². The first-order valence-corrected chi connectivity index (χ1v) is 6.01. The van der Waals surface area contributed by atoms with Crippen LogP contribution in [0.15, 0.2) is 36.5 Å². The molecule has 0 spiro atoms. The van der Waals surface area contributed by atoms with Crippen molar-refractivity contribution in [3.8, 4) is 0 Å². The Bertz CT molecular complexity index is 459. The second-order valence-electron chi connectivity index (χ2n) is 4.11. The molecule has 2 aromatic rings. The standard InChI is InChI=1S/C13H16ClN3/c1-17-13(12(14)9-16-17)7-11(8-15)10-5-3-2-4-6-10/h2-6,9,11H,7-8,15H2,1H3. The average Bonchev–Trinajstić information content (AvgIpc) is 2.68. The number of nitrogens with zero attached hydrogens (tertiary/aromatic N) is 2. The van der Waals surface area contributed by atoms with Crippen LogP contribution in [0.5, 0.6) is 0 Å². The lowest BCUT2D eigenvalue weighted by Crippen LogP contribution is -2.16. The number of benzene rings is 1. The van der Waals surface area contributed by atoms with Gasteiger partial charge >= 0.3 is 0 Å². The zero-order chi connectivity index (χ0) is 12.3. The van der Waals surface area contributed by atoms with Crippen molar-refractivity contribution in [2.24, 2.45) is 12.8 Å². The summed E-state index contributed by atoms with van der Waals surface area (Å²) in [5, 5.41) is 4.85. The van der Waals surface area contributed by atoms with E-state index in [1.165, 1.54) is 5.56 Å². The quantitative estimate of drug-likeness (QED) is 0.904. The van der Waals surface area contributed by atoms with Crippen LogP contribution in [0.3, 0.4) is 0 Å². The fourth-order valence-corrected chi connectivity index (χ4v) is 2.20. The summed E-state index contributed by atoms with van der Waals surface area (Å²) < 4.78 is 1.81. The number of hydrogen-bond acceptors (Lipinski definition) is 2. The van der Waals surface area contributed by atoms with Crippen molar-refractivity contribution in [1.29, 1.82) is 0 Å². The van der Waals surface area contributed by atoms with E-state index in [4.69, 9.17) is 17.3 Å². The molecular formula is C13H16ClN3. The third-order valence-electron chi connectivity index (χ3n) is 3.01. The van der Waals surface area contributed by atoms with Gasteiger partial charge in [-0.05, 0) is 18.5 Å². The number of aromatic nitrogens is 2. The molecule has 3 nitrogen and oxygen atoms in total. The van der Waals surface area contributed by atoms with Crippen LogP contribution in [0.1, 0.15) is 17.2 Å². The van der Waals surface area contributed by atoms with Gasteiger partial charge in [-0.1, -0.05) is 41.9 Å². The van der Waals surface area contributed by atoms with Gasteiger partial charge in [-0.2, -0.15) is 5.10 Å². The van der Waals surface area contributed by atoms with Crippen molar-refractivity contribution in [2.75, 3.05) is 6.54 Å². The van der Waals surface area contributed by atoms with Gasteiger partial charge in [0.25, 0.3) is 0 Å². The molecule has 0 aliphatic rings. The molecule has 0 saturated heterocycles. The Morgan fingerprint density at radius 1 is 1.35 bits per heavy atom. The van der Waals surface area contributed by atoms with Gasteiger partial charge in [0.05, 0.1) is 16.9 Å². The van der Waals surface area contributed by atoms with E-state index in [1.807, 2.05) is 29.9 Å². The maximum absolute atomic E-state index is 6.11. The number of nitrogens with two attached hydrogens (primary N) is 1. The van der Waals surface area contributed by atoms with Crippen molar-refractivity contribution in [2.45, 2.75) is 12.3 Å². The summed E-state index contributed by atoms with van der Waals surface area (Å²) in [5.41, 5.74) is 8.12. The van der Waals surface area contributed by atoms with Gasteiger partial charge in [-0.15, -0.1) is 0 Å². The first kappa shape index (κ1) is 12.1. The zero-order valence-corrected chi connectivity index (χ0v) is 10.6. The molecule has 0 bridgehead atoms. The number of hydrogen-bond donors (Lipinski definition) is 1. The molecule has 0 amide bonds. The van der Waals surface area contributed by atoms with E-state index in [0.29, 0.717) is 11.6 Å². The van der Waals surface area contributed by atoms with Gasteiger partial charge in [-0.25, -0.2) is 0 Å². The Labute approximate surface area is 106 Å². The molecule has 0 aliphatic heterocycles. The minimum absolute atomic E-state index is 0.282. The van der Waals surface area contributed by atoms with E-state index in [0.717, 1.165) is 12.1 Å². The fraction of sp³-hybridized carbons (Fsp3) is 0.308. The summed E-state index contributed by atoms with van der Waals surface area (Å²) in [7, 11) is 1.90. The van der Waals surface area contributed by atoms with Crippen molar-refractivity contribution < 1.29 is 0 Å². The van der Waals surface area contributed by atoms with Crippen LogP contribution in [-0.4, -0.2) is 16.3 Å². The minimum atomic E-state index is 0.282. The first-order chi connectivity index (χ1) is 8.22. The van der Waals surface area contributed by atoms with Crippen LogP contribution in [0, 0.1) is 0 Å². The van der Waals surface area contributed by atoms with E-state index in [2.05, 4.69) is 17.2 Å². The third kappa shape index (κ3) is 2.68. The summed E-state index contributed by atoms with van der Waals surface area (Å²) in [6.07, 6.45) is 2.49. The van der Waals surface area contributed by atoms with Gasteiger partial charge in [0, 0.05) is 13.0 Å². The maximum Gasteiger partial charge on any atom is 0.0817 e. The molecule has 1 unspecified atom stereocenters. The minimum Gasteiger partial charge on any atom is -0.330 e. The molecule has 1 aromatic heterocycles. The molecule has 0 radical (unpaired) electrons. The normalized spacial score (nSPS) is 12.6. The molecule has 1 atom stereocenters. The molecule has 2 rings (SSSR count). The first-order valence-electron chi connectivity index (χ1n) is 5.63. The SMILES string of the molecule is Cn1ncc(Cl)c1CC(CN)c1ccccc1. The summed E-state index contributed by atoms with van der Waals surface area (Å²) in [6.45, 7) is 0.603. The Hall–Kier alpha value is -1.32. The van der Waals surface area contributed by atoms with E-state index in [9.17, 15) is 0 Å². The molecule has 1 aromatic carbocycles. The highest BCUT2D eigenvalue weighted by Crippen LogP contribution is 2.23. The molecule has 90 valence electrons. The number of rotatable bonds is 4. The lowest BCUT2D eigenvalue weighted by atomic mass is 9.94. The number of aryl methyl sites for hydroxylation is 1. The van der Waals surface area contributed by atoms with E-state index in [-0.39, 0.29) is 5.92 Å². The Morgan fingerprint density at radius 2 is 2.06 bits per heavy atom. The molecule has 1 heterocycles.